The van der Waals surface area contributed by atoms with Crippen molar-refractivity contribution in [3.05, 3.63) is 48.5 Å². The number of aromatic amines is 1. The molecule has 1 N–H and O–H groups in total. The highest BCUT2D eigenvalue weighted by atomic mass is 32.2. The van der Waals surface area contributed by atoms with E-state index in [0.717, 1.165) is 5.56 Å². The molecule has 0 radical (unpaired) electrons. The van der Waals surface area contributed by atoms with Gasteiger partial charge < -0.3 is 9.54 Å². The summed E-state index contributed by atoms with van der Waals surface area (Å²) in [5, 5.41) is 0. The van der Waals surface area contributed by atoms with Crippen molar-refractivity contribution in [2.75, 3.05) is 0 Å². The lowest BCUT2D eigenvalue weighted by molar-refractivity contribution is 0.463. The first-order chi connectivity index (χ1) is 9.04. The molecule has 6 heteroatoms. The first-order valence-corrected chi connectivity index (χ1v) is 6.96. The summed E-state index contributed by atoms with van der Waals surface area (Å²) in [5.74, 6) is 0.635. The van der Waals surface area contributed by atoms with Gasteiger partial charge in [0, 0.05) is 5.56 Å². The summed E-state index contributed by atoms with van der Waals surface area (Å²) in [7, 11) is -4.45. The number of benzene rings is 2. The molecule has 0 saturated carbocycles. The Morgan fingerprint density at radius 3 is 2.47 bits per heavy atom. The van der Waals surface area contributed by atoms with E-state index < -0.39 is 10.1 Å². The van der Waals surface area contributed by atoms with Gasteiger partial charge in [0.05, 0.1) is 15.9 Å². The van der Waals surface area contributed by atoms with Crippen LogP contribution in [0.5, 0.6) is 0 Å². The fraction of sp³-hybridized carbons (Fsp3) is 0. The van der Waals surface area contributed by atoms with E-state index in [-0.39, 0.29) is 4.90 Å². The lowest BCUT2D eigenvalue weighted by atomic mass is 10.2. The highest BCUT2D eigenvalue weighted by Crippen LogP contribution is 2.22. The second kappa shape index (κ2) is 4.18. The molecule has 0 saturated heterocycles. The molecule has 5 nitrogen and oxygen atoms in total. The Labute approximate surface area is 109 Å². The van der Waals surface area contributed by atoms with Crippen molar-refractivity contribution in [1.29, 1.82) is 0 Å². The maximum absolute atomic E-state index is 11.0. The molecule has 2 aromatic carbocycles. The SMILES string of the molecule is O=S(=O)([O-])c1ccc2nc(-c3ccccc3)[nH]c2c1. The van der Waals surface area contributed by atoms with E-state index in [1.54, 1.807) is 0 Å². The molecular weight excluding hydrogens is 264 g/mol. The minimum atomic E-state index is -4.45. The van der Waals surface area contributed by atoms with Gasteiger partial charge in [-0.15, -0.1) is 0 Å². The molecule has 3 aromatic rings. The van der Waals surface area contributed by atoms with Gasteiger partial charge in [-0.1, -0.05) is 30.3 Å². The van der Waals surface area contributed by atoms with Crippen LogP contribution in [0.2, 0.25) is 0 Å². The Bertz CT molecular complexity index is 839. The molecule has 0 fully saturated rings. The lowest BCUT2D eigenvalue weighted by Crippen LogP contribution is -1.97. The predicted octanol–water partition coefficient (Wildman–Crippen LogP) is 2.13. The van der Waals surface area contributed by atoms with Crippen LogP contribution in [-0.4, -0.2) is 22.9 Å². The summed E-state index contributed by atoms with van der Waals surface area (Å²) in [4.78, 5) is 7.10. The number of hydrogen-bond acceptors (Lipinski definition) is 4. The zero-order valence-electron chi connectivity index (χ0n) is 9.70. The molecule has 0 aliphatic heterocycles. The van der Waals surface area contributed by atoms with E-state index in [0.29, 0.717) is 16.9 Å². The Morgan fingerprint density at radius 1 is 1.05 bits per heavy atom. The van der Waals surface area contributed by atoms with Crippen LogP contribution in [0, 0.1) is 0 Å². The Hall–Kier alpha value is -2.18. The monoisotopic (exact) mass is 273 g/mol. The number of hydrogen-bond donors (Lipinski definition) is 1. The molecule has 0 amide bonds. The Morgan fingerprint density at radius 2 is 1.79 bits per heavy atom. The zero-order valence-corrected chi connectivity index (χ0v) is 10.5. The third-order valence-corrected chi connectivity index (χ3v) is 3.62. The number of rotatable bonds is 2. The van der Waals surface area contributed by atoms with Gasteiger partial charge in [-0.05, 0) is 18.2 Å². The summed E-state index contributed by atoms with van der Waals surface area (Å²) in [6.45, 7) is 0. The van der Waals surface area contributed by atoms with Gasteiger partial charge >= 0.3 is 0 Å². The predicted molar refractivity (Wildman–Crippen MR) is 69.5 cm³/mol. The van der Waals surface area contributed by atoms with Crippen molar-refractivity contribution in [3.8, 4) is 11.4 Å². The van der Waals surface area contributed by atoms with E-state index in [1.807, 2.05) is 30.3 Å². The number of aromatic nitrogens is 2. The van der Waals surface area contributed by atoms with Gasteiger partial charge in [-0.25, -0.2) is 13.4 Å². The largest absolute Gasteiger partial charge is 0.744 e. The fourth-order valence-electron chi connectivity index (χ4n) is 1.88. The van der Waals surface area contributed by atoms with E-state index in [2.05, 4.69) is 9.97 Å². The van der Waals surface area contributed by atoms with Crippen molar-refractivity contribution in [2.24, 2.45) is 0 Å². The minimum Gasteiger partial charge on any atom is -0.744 e. The summed E-state index contributed by atoms with van der Waals surface area (Å²) >= 11 is 0. The molecule has 3 rings (SSSR count). The number of nitrogens with zero attached hydrogens (tertiary/aromatic N) is 1. The molecule has 1 aromatic heterocycles. The van der Waals surface area contributed by atoms with E-state index in [9.17, 15) is 13.0 Å². The van der Waals surface area contributed by atoms with E-state index in [4.69, 9.17) is 0 Å². The van der Waals surface area contributed by atoms with Crippen molar-refractivity contribution in [3.63, 3.8) is 0 Å². The van der Waals surface area contributed by atoms with E-state index >= 15 is 0 Å². The first-order valence-electron chi connectivity index (χ1n) is 5.55. The fourth-order valence-corrected chi connectivity index (χ4v) is 2.37. The number of fused-ring (bicyclic) bond motifs is 1. The van der Waals surface area contributed by atoms with Gasteiger partial charge in [0.1, 0.15) is 15.9 Å². The van der Waals surface area contributed by atoms with Crippen molar-refractivity contribution < 1.29 is 13.0 Å². The van der Waals surface area contributed by atoms with Crippen LogP contribution in [0.4, 0.5) is 0 Å². The maximum Gasteiger partial charge on any atom is 0.138 e. The summed E-state index contributed by atoms with van der Waals surface area (Å²) < 4.78 is 32.9. The average molecular weight is 273 g/mol. The molecule has 19 heavy (non-hydrogen) atoms. The summed E-state index contributed by atoms with van der Waals surface area (Å²) in [5.41, 5.74) is 2.03. The van der Waals surface area contributed by atoms with Crippen molar-refractivity contribution in [1.82, 2.24) is 9.97 Å². The zero-order chi connectivity index (χ0) is 13.5. The van der Waals surface area contributed by atoms with Gasteiger partial charge in [0.2, 0.25) is 0 Å². The van der Waals surface area contributed by atoms with Crippen LogP contribution < -0.4 is 0 Å². The smallest absolute Gasteiger partial charge is 0.138 e. The highest BCUT2D eigenvalue weighted by Gasteiger charge is 2.08. The molecule has 0 bridgehead atoms. The normalized spacial score (nSPS) is 11.8. The van der Waals surface area contributed by atoms with Gasteiger partial charge in [-0.3, -0.25) is 0 Å². The van der Waals surface area contributed by atoms with Gasteiger partial charge in [0.15, 0.2) is 0 Å². The minimum absolute atomic E-state index is 0.261. The molecule has 0 unspecified atom stereocenters. The lowest BCUT2D eigenvalue weighted by Gasteiger charge is -2.05. The third kappa shape index (κ3) is 2.23. The van der Waals surface area contributed by atoms with Crippen molar-refractivity contribution in [2.45, 2.75) is 4.90 Å². The molecule has 96 valence electrons. The number of imidazole rings is 1. The Balaban J connectivity index is 2.17. The van der Waals surface area contributed by atoms with Crippen LogP contribution in [0.3, 0.4) is 0 Å². The molecular formula is C13H9N2O3S-. The number of nitrogens with one attached hydrogen (secondary N) is 1. The molecule has 1 heterocycles. The second-order valence-electron chi connectivity index (χ2n) is 4.08. The molecule has 0 atom stereocenters. The third-order valence-electron chi connectivity index (χ3n) is 2.79. The standard InChI is InChI=1S/C13H10N2O3S/c16-19(17,18)10-6-7-11-12(8-10)15-13(14-11)9-4-2-1-3-5-9/h1-8H,(H,14,15)(H,16,17,18)/p-1. The second-order valence-corrected chi connectivity index (χ2v) is 5.46. The van der Waals surface area contributed by atoms with Gasteiger partial charge in [0.25, 0.3) is 0 Å². The van der Waals surface area contributed by atoms with Gasteiger partial charge in [-0.2, -0.15) is 0 Å². The quantitative estimate of drug-likeness (QED) is 0.725. The van der Waals surface area contributed by atoms with Crippen LogP contribution in [0.15, 0.2) is 53.4 Å². The topological polar surface area (TPSA) is 85.9 Å². The molecule has 0 spiro atoms. The van der Waals surface area contributed by atoms with Crippen LogP contribution in [-0.2, 0) is 10.1 Å². The first kappa shape index (κ1) is 11.9. The summed E-state index contributed by atoms with van der Waals surface area (Å²) in [6.07, 6.45) is 0. The highest BCUT2D eigenvalue weighted by molar-refractivity contribution is 7.85. The summed E-state index contributed by atoms with van der Waals surface area (Å²) in [6, 6.07) is 13.5. The molecule has 0 aliphatic rings. The van der Waals surface area contributed by atoms with E-state index in [1.165, 1.54) is 18.2 Å². The van der Waals surface area contributed by atoms with Crippen molar-refractivity contribution >= 4 is 21.2 Å². The van der Waals surface area contributed by atoms with Crippen LogP contribution in [0.25, 0.3) is 22.4 Å². The Kier molecular flexibility index (Phi) is 2.62. The molecule has 0 aliphatic carbocycles. The van der Waals surface area contributed by atoms with Crippen LogP contribution >= 0.6 is 0 Å². The average Bonchev–Trinajstić information content (AvgIpc) is 2.81. The number of H-pyrrole nitrogens is 1. The van der Waals surface area contributed by atoms with Crippen LogP contribution in [0.1, 0.15) is 0 Å². The maximum atomic E-state index is 11.0.